The molecule has 3 nitrogen and oxygen atoms in total. The summed E-state index contributed by atoms with van der Waals surface area (Å²) in [5.41, 5.74) is 3.04. The number of carbonyl (C=O) groups is 1. The fourth-order valence-corrected chi connectivity index (χ4v) is 2.91. The highest BCUT2D eigenvalue weighted by Gasteiger charge is 2.46. The van der Waals surface area contributed by atoms with E-state index in [2.05, 4.69) is 11.4 Å². The first-order valence-corrected chi connectivity index (χ1v) is 7.63. The molecule has 2 aromatic carbocycles. The molecule has 0 aromatic heterocycles. The normalized spacial score (nSPS) is 15.2. The third-order valence-corrected chi connectivity index (χ3v) is 4.40. The molecule has 0 unspecified atom stereocenters. The Hall–Kier alpha value is -2.29. The Morgan fingerprint density at radius 1 is 1.18 bits per heavy atom. The minimum Gasteiger partial charge on any atom is -0.496 e. The maximum absolute atomic E-state index is 12.3. The Labute approximate surface area is 131 Å². The standard InChI is InChI=1S/C19H21NO2/c1-14-6-5-7-15(12-14)18(21)20-13-19(10-11-19)16-8-3-4-9-17(16)22-2/h3-9,12H,10-11,13H2,1-2H3,(H,20,21). The van der Waals surface area contributed by atoms with E-state index >= 15 is 0 Å². The third-order valence-electron chi connectivity index (χ3n) is 4.40. The molecule has 1 aliphatic rings. The summed E-state index contributed by atoms with van der Waals surface area (Å²) in [6, 6.07) is 15.8. The van der Waals surface area contributed by atoms with Gasteiger partial charge in [0.05, 0.1) is 7.11 Å². The van der Waals surface area contributed by atoms with Crippen LogP contribution in [0.2, 0.25) is 0 Å². The largest absolute Gasteiger partial charge is 0.496 e. The number of amides is 1. The van der Waals surface area contributed by atoms with Gasteiger partial charge in [-0.2, -0.15) is 0 Å². The molecule has 0 atom stereocenters. The van der Waals surface area contributed by atoms with Crippen LogP contribution in [0.25, 0.3) is 0 Å². The number of nitrogens with one attached hydrogen (secondary N) is 1. The van der Waals surface area contributed by atoms with Crippen LogP contribution < -0.4 is 10.1 Å². The van der Waals surface area contributed by atoms with Crippen molar-refractivity contribution in [3.05, 3.63) is 65.2 Å². The van der Waals surface area contributed by atoms with E-state index in [9.17, 15) is 4.79 Å². The minimum absolute atomic E-state index is 0.00938. The van der Waals surface area contributed by atoms with Crippen LogP contribution in [0.1, 0.15) is 34.3 Å². The highest BCUT2D eigenvalue weighted by molar-refractivity contribution is 5.94. The van der Waals surface area contributed by atoms with Gasteiger partial charge < -0.3 is 10.1 Å². The SMILES string of the molecule is COc1ccccc1C1(CNC(=O)c2cccc(C)c2)CC1. The summed E-state index contributed by atoms with van der Waals surface area (Å²) >= 11 is 0. The smallest absolute Gasteiger partial charge is 0.251 e. The number of rotatable bonds is 5. The van der Waals surface area contributed by atoms with Crippen molar-refractivity contribution in [2.75, 3.05) is 13.7 Å². The lowest BCUT2D eigenvalue weighted by Crippen LogP contribution is -2.32. The molecular weight excluding hydrogens is 274 g/mol. The van der Waals surface area contributed by atoms with E-state index < -0.39 is 0 Å². The van der Waals surface area contributed by atoms with Crippen molar-refractivity contribution in [1.82, 2.24) is 5.32 Å². The topological polar surface area (TPSA) is 38.3 Å². The minimum atomic E-state index is -0.00938. The zero-order valence-electron chi connectivity index (χ0n) is 13.1. The molecule has 1 fully saturated rings. The first-order valence-electron chi connectivity index (χ1n) is 7.63. The molecule has 0 heterocycles. The lowest BCUT2D eigenvalue weighted by molar-refractivity contribution is 0.0949. The van der Waals surface area contributed by atoms with Gasteiger partial charge in [0.1, 0.15) is 5.75 Å². The molecule has 0 radical (unpaired) electrons. The maximum Gasteiger partial charge on any atom is 0.251 e. The van der Waals surface area contributed by atoms with Gasteiger partial charge in [-0.1, -0.05) is 35.9 Å². The summed E-state index contributed by atoms with van der Waals surface area (Å²) in [6.45, 7) is 2.65. The van der Waals surface area contributed by atoms with Gasteiger partial charge in [-0.15, -0.1) is 0 Å². The zero-order valence-corrected chi connectivity index (χ0v) is 13.1. The van der Waals surface area contributed by atoms with Crippen LogP contribution in [0.4, 0.5) is 0 Å². The van der Waals surface area contributed by atoms with E-state index in [-0.39, 0.29) is 11.3 Å². The second-order valence-electron chi connectivity index (χ2n) is 6.03. The molecule has 0 aliphatic heterocycles. The van der Waals surface area contributed by atoms with Gasteiger partial charge in [-0.3, -0.25) is 4.79 Å². The van der Waals surface area contributed by atoms with Gasteiger partial charge in [-0.05, 0) is 38.0 Å². The molecule has 22 heavy (non-hydrogen) atoms. The third kappa shape index (κ3) is 2.84. The molecule has 3 rings (SSSR count). The maximum atomic E-state index is 12.3. The Balaban J connectivity index is 1.72. The molecule has 1 saturated carbocycles. The predicted octanol–water partition coefficient (Wildman–Crippen LogP) is 3.47. The van der Waals surface area contributed by atoms with Crippen LogP contribution in [0, 0.1) is 6.92 Å². The number of hydrogen-bond acceptors (Lipinski definition) is 2. The fraction of sp³-hybridized carbons (Fsp3) is 0.316. The number of methoxy groups -OCH3 is 1. The number of benzene rings is 2. The Morgan fingerprint density at radius 3 is 2.64 bits per heavy atom. The number of para-hydroxylation sites is 1. The van der Waals surface area contributed by atoms with Crippen LogP contribution in [0.15, 0.2) is 48.5 Å². The Bertz CT molecular complexity index is 689. The van der Waals surface area contributed by atoms with Gasteiger partial charge in [0, 0.05) is 23.1 Å². The van der Waals surface area contributed by atoms with Crippen LogP contribution in [0.3, 0.4) is 0 Å². The highest BCUT2D eigenvalue weighted by atomic mass is 16.5. The van der Waals surface area contributed by atoms with Crippen molar-refractivity contribution in [1.29, 1.82) is 0 Å². The zero-order chi connectivity index (χ0) is 15.6. The Morgan fingerprint density at radius 2 is 1.95 bits per heavy atom. The molecule has 1 N–H and O–H groups in total. The summed E-state index contributed by atoms with van der Waals surface area (Å²) in [4.78, 5) is 12.3. The molecule has 0 saturated heterocycles. The van der Waals surface area contributed by atoms with Gasteiger partial charge >= 0.3 is 0 Å². The van der Waals surface area contributed by atoms with Gasteiger partial charge in [0.25, 0.3) is 5.91 Å². The fourth-order valence-electron chi connectivity index (χ4n) is 2.91. The first-order chi connectivity index (χ1) is 10.6. The average Bonchev–Trinajstić information content (AvgIpc) is 3.33. The first kappa shape index (κ1) is 14.6. The quantitative estimate of drug-likeness (QED) is 0.917. The molecule has 1 amide bonds. The van der Waals surface area contributed by atoms with E-state index in [4.69, 9.17) is 4.74 Å². The Kier molecular flexibility index (Phi) is 3.88. The summed E-state index contributed by atoms with van der Waals surface area (Å²) in [7, 11) is 1.69. The van der Waals surface area contributed by atoms with Gasteiger partial charge in [0.2, 0.25) is 0 Å². The van der Waals surface area contributed by atoms with Crippen molar-refractivity contribution in [3.63, 3.8) is 0 Å². The summed E-state index contributed by atoms with van der Waals surface area (Å²) in [6.07, 6.45) is 2.17. The van der Waals surface area contributed by atoms with E-state index in [1.807, 2.05) is 49.4 Å². The molecule has 0 bridgehead atoms. The number of ether oxygens (including phenoxy) is 1. The average molecular weight is 295 g/mol. The van der Waals surface area contributed by atoms with Crippen LogP contribution in [-0.4, -0.2) is 19.6 Å². The summed E-state index contributed by atoms with van der Waals surface area (Å²) < 4.78 is 5.47. The van der Waals surface area contributed by atoms with Crippen LogP contribution in [-0.2, 0) is 5.41 Å². The number of aryl methyl sites for hydroxylation is 1. The van der Waals surface area contributed by atoms with E-state index in [1.165, 1.54) is 5.56 Å². The van der Waals surface area contributed by atoms with Crippen LogP contribution in [0.5, 0.6) is 5.75 Å². The lowest BCUT2D eigenvalue weighted by Gasteiger charge is -2.19. The van der Waals surface area contributed by atoms with E-state index in [0.29, 0.717) is 6.54 Å². The number of hydrogen-bond donors (Lipinski definition) is 1. The second-order valence-corrected chi connectivity index (χ2v) is 6.03. The molecule has 1 aliphatic carbocycles. The van der Waals surface area contributed by atoms with Gasteiger partial charge in [-0.25, -0.2) is 0 Å². The van der Waals surface area contributed by atoms with Crippen molar-refractivity contribution in [3.8, 4) is 5.75 Å². The monoisotopic (exact) mass is 295 g/mol. The second kappa shape index (κ2) is 5.84. The van der Waals surface area contributed by atoms with Gasteiger partial charge in [0.15, 0.2) is 0 Å². The van der Waals surface area contributed by atoms with E-state index in [1.54, 1.807) is 7.11 Å². The van der Waals surface area contributed by atoms with Crippen molar-refractivity contribution < 1.29 is 9.53 Å². The lowest BCUT2D eigenvalue weighted by atomic mass is 9.94. The van der Waals surface area contributed by atoms with Crippen molar-refractivity contribution >= 4 is 5.91 Å². The van der Waals surface area contributed by atoms with Crippen LogP contribution >= 0.6 is 0 Å². The molecule has 2 aromatic rings. The molecule has 114 valence electrons. The number of carbonyl (C=O) groups excluding carboxylic acids is 1. The van der Waals surface area contributed by atoms with Crippen molar-refractivity contribution in [2.24, 2.45) is 0 Å². The predicted molar refractivity (Wildman–Crippen MR) is 87.4 cm³/mol. The van der Waals surface area contributed by atoms with E-state index in [0.717, 1.165) is 29.7 Å². The molecule has 3 heteroatoms. The van der Waals surface area contributed by atoms with Crippen molar-refractivity contribution in [2.45, 2.75) is 25.2 Å². The molecular formula is C19H21NO2. The summed E-state index contributed by atoms with van der Waals surface area (Å²) in [5, 5.41) is 3.08. The highest BCUT2D eigenvalue weighted by Crippen LogP contribution is 2.50. The summed E-state index contributed by atoms with van der Waals surface area (Å²) in [5.74, 6) is 0.898. The molecule has 0 spiro atoms.